The predicted molar refractivity (Wildman–Crippen MR) is 82.9 cm³/mol. The van der Waals surface area contributed by atoms with Gasteiger partial charge in [-0.3, -0.25) is 0 Å². The Kier molecular flexibility index (Phi) is 3.60. The van der Waals surface area contributed by atoms with Crippen molar-refractivity contribution in [2.75, 3.05) is 0 Å². The third-order valence-corrected chi connectivity index (χ3v) is 5.54. The molecule has 4 aliphatic carbocycles. The number of hydrogen-bond donors (Lipinski definition) is 2. The first-order chi connectivity index (χ1) is 9.15. The van der Waals surface area contributed by atoms with Crippen LogP contribution in [0.15, 0.2) is 30.3 Å². The van der Waals surface area contributed by atoms with E-state index in [-0.39, 0.29) is 23.5 Å². The topological polar surface area (TPSA) is 32.3 Å². The van der Waals surface area contributed by atoms with E-state index in [2.05, 4.69) is 35.6 Å². The van der Waals surface area contributed by atoms with Crippen LogP contribution in [0.25, 0.3) is 0 Å². The highest BCUT2D eigenvalue weighted by Gasteiger charge is 2.56. The van der Waals surface area contributed by atoms with Gasteiger partial charge in [0.15, 0.2) is 0 Å². The van der Waals surface area contributed by atoms with E-state index < -0.39 is 0 Å². The lowest BCUT2D eigenvalue weighted by atomic mass is 9.51. The molecule has 2 atom stereocenters. The largest absolute Gasteiger partial charge is 0.390 e. The lowest BCUT2D eigenvalue weighted by Gasteiger charge is -2.60. The fourth-order valence-corrected chi connectivity index (χ4v) is 5.31. The molecule has 4 fully saturated rings. The monoisotopic (exact) mass is 293 g/mol. The zero-order valence-electron chi connectivity index (χ0n) is 11.8. The van der Waals surface area contributed by atoms with E-state index in [0.717, 1.165) is 37.6 Å². The van der Waals surface area contributed by atoms with E-state index in [1.165, 1.54) is 24.8 Å². The van der Waals surface area contributed by atoms with Gasteiger partial charge in [0.25, 0.3) is 0 Å². The minimum absolute atomic E-state index is 0. The van der Waals surface area contributed by atoms with Crippen LogP contribution >= 0.6 is 12.4 Å². The molecule has 0 aliphatic heterocycles. The Bertz CT molecular complexity index is 461. The second-order valence-electron chi connectivity index (χ2n) is 7.30. The van der Waals surface area contributed by atoms with Crippen molar-refractivity contribution in [2.24, 2.45) is 11.8 Å². The van der Waals surface area contributed by atoms with Gasteiger partial charge < -0.3 is 10.4 Å². The molecule has 0 aromatic heterocycles. The number of benzene rings is 1. The highest BCUT2D eigenvalue weighted by molar-refractivity contribution is 5.85. The third kappa shape index (κ3) is 2.49. The summed E-state index contributed by atoms with van der Waals surface area (Å²) in [6.45, 7) is 0.941. The first-order valence-electron chi connectivity index (χ1n) is 7.66. The minimum atomic E-state index is -0.353. The summed E-state index contributed by atoms with van der Waals surface area (Å²) in [7, 11) is 0. The van der Waals surface area contributed by atoms with Gasteiger partial charge in [-0.25, -0.2) is 0 Å². The smallest absolute Gasteiger partial charge is 0.0670 e. The van der Waals surface area contributed by atoms with Crippen molar-refractivity contribution in [1.82, 2.24) is 5.32 Å². The molecule has 3 heteroatoms. The lowest BCUT2D eigenvalue weighted by Crippen LogP contribution is -2.64. The average molecular weight is 294 g/mol. The number of nitrogens with one attached hydrogen (secondary N) is 1. The van der Waals surface area contributed by atoms with Crippen LogP contribution in [0, 0.1) is 11.8 Å². The Morgan fingerprint density at radius 1 is 1.05 bits per heavy atom. The van der Waals surface area contributed by atoms with Gasteiger partial charge in [0.2, 0.25) is 0 Å². The molecule has 1 aromatic rings. The summed E-state index contributed by atoms with van der Waals surface area (Å²) in [5, 5.41) is 14.5. The van der Waals surface area contributed by atoms with Crippen LogP contribution in [0.3, 0.4) is 0 Å². The summed E-state index contributed by atoms with van der Waals surface area (Å²) in [6, 6.07) is 10.6. The SMILES string of the molecule is Cl.OC12CC3CC(C1)CC(NCc1ccccc1)(C3)C2. The van der Waals surface area contributed by atoms with Crippen LogP contribution in [-0.2, 0) is 6.54 Å². The third-order valence-electron chi connectivity index (χ3n) is 5.54. The van der Waals surface area contributed by atoms with Crippen molar-refractivity contribution in [3.63, 3.8) is 0 Å². The lowest BCUT2D eigenvalue weighted by molar-refractivity contribution is -0.142. The number of aliphatic hydroxyl groups is 1. The minimum Gasteiger partial charge on any atom is -0.390 e. The summed E-state index contributed by atoms with van der Waals surface area (Å²) >= 11 is 0. The summed E-state index contributed by atoms with van der Waals surface area (Å²) in [4.78, 5) is 0. The Morgan fingerprint density at radius 3 is 2.30 bits per heavy atom. The highest BCUT2D eigenvalue weighted by atomic mass is 35.5. The summed E-state index contributed by atoms with van der Waals surface area (Å²) in [5.41, 5.74) is 1.22. The summed E-state index contributed by atoms with van der Waals surface area (Å²) < 4.78 is 0. The first-order valence-corrected chi connectivity index (χ1v) is 7.66. The van der Waals surface area contributed by atoms with Gasteiger partial charge in [-0.05, 0) is 55.9 Å². The summed E-state index contributed by atoms with van der Waals surface area (Å²) in [5.74, 6) is 1.52. The van der Waals surface area contributed by atoms with Crippen LogP contribution in [0.1, 0.15) is 44.1 Å². The molecule has 4 bridgehead atoms. The van der Waals surface area contributed by atoms with E-state index >= 15 is 0 Å². The molecule has 0 heterocycles. The van der Waals surface area contributed by atoms with Gasteiger partial charge in [-0.1, -0.05) is 30.3 Å². The van der Waals surface area contributed by atoms with Crippen LogP contribution in [0.4, 0.5) is 0 Å². The van der Waals surface area contributed by atoms with Crippen molar-refractivity contribution in [3.8, 4) is 0 Å². The molecule has 4 saturated carbocycles. The molecule has 5 rings (SSSR count). The molecule has 1 aromatic carbocycles. The van der Waals surface area contributed by atoms with Crippen LogP contribution in [0.5, 0.6) is 0 Å². The van der Waals surface area contributed by atoms with E-state index in [0.29, 0.717) is 0 Å². The van der Waals surface area contributed by atoms with Crippen molar-refractivity contribution < 1.29 is 5.11 Å². The standard InChI is InChI=1S/C17H23NO.ClH/c19-17-9-14-6-15(10-17)8-16(7-14,12-17)18-11-13-4-2-1-3-5-13;/h1-5,14-15,18-19H,6-12H2;1H. The maximum atomic E-state index is 10.7. The molecule has 2 nitrogen and oxygen atoms in total. The van der Waals surface area contributed by atoms with Gasteiger partial charge in [0.05, 0.1) is 5.60 Å². The second kappa shape index (κ2) is 5.01. The normalized spacial score (nSPS) is 41.5. The van der Waals surface area contributed by atoms with E-state index in [1.807, 2.05) is 0 Å². The van der Waals surface area contributed by atoms with E-state index in [1.54, 1.807) is 0 Å². The molecule has 2 unspecified atom stereocenters. The zero-order valence-corrected chi connectivity index (χ0v) is 12.7. The molecule has 0 radical (unpaired) electrons. The van der Waals surface area contributed by atoms with Crippen molar-refractivity contribution in [2.45, 2.75) is 56.2 Å². The van der Waals surface area contributed by atoms with Crippen molar-refractivity contribution >= 4 is 12.4 Å². The van der Waals surface area contributed by atoms with Gasteiger partial charge in [-0.2, -0.15) is 0 Å². The van der Waals surface area contributed by atoms with Gasteiger partial charge >= 0.3 is 0 Å². The fraction of sp³-hybridized carbons (Fsp3) is 0.647. The Labute approximate surface area is 127 Å². The molecular weight excluding hydrogens is 270 g/mol. The molecule has 4 aliphatic rings. The van der Waals surface area contributed by atoms with Gasteiger partial charge in [0, 0.05) is 12.1 Å². The van der Waals surface area contributed by atoms with E-state index in [4.69, 9.17) is 0 Å². The van der Waals surface area contributed by atoms with Crippen LogP contribution in [-0.4, -0.2) is 16.2 Å². The molecule has 20 heavy (non-hydrogen) atoms. The Morgan fingerprint density at radius 2 is 1.70 bits per heavy atom. The van der Waals surface area contributed by atoms with Crippen LogP contribution in [0.2, 0.25) is 0 Å². The predicted octanol–water partition coefficient (Wildman–Crippen LogP) is 3.28. The Balaban J connectivity index is 0.00000121. The molecule has 0 spiro atoms. The maximum Gasteiger partial charge on any atom is 0.0670 e. The number of rotatable bonds is 3. The zero-order chi connectivity index (χ0) is 12.9. The number of hydrogen-bond acceptors (Lipinski definition) is 2. The van der Waals surface area contributed by atoms with Gasteiger partial charge in [-0.15, -0.1) is 12.4 Å². The molecule has 0 amide bonds. The molecule has 2 N–H and O–H groups in total. The highest BCUT2D eigenvalue weighted by Crippen LogP contribution is 2.57. The Hall–Kier alpha value is -0.570. The van der Waals surface area contributed by atoms with Crippen LogP contribution < -0.4 is 5.32 Å². The van der Waals surface area contributed by atoms with Crippen molar-refractivity contribution in [3.05, 3.63) is 35.9 Å². The first kappa shape index (κ1) is 14.4. The molecular formula is C17H24ClNO. The quantitative estimate of drug-likeness (QED) is 0.896. The summed E-state index contributed by atoms with van der Waals surface area (Å²) in [6.07, 6.45) is 6.99. The van der Waals surface area contributed by atoms with Gasteiger partial charge in [0.1, 0.15) is 0 Å². The number of halogens is 1. The molecule has 110 valence electrons. The van der Waals surface area contributed by atoms with E-state index in [9.17, 15) is 5.11 Å². The maximum absolute atomic E-state index is 10.7. The second-order valence-corrected chi connectivity index (χ2v) is 7.30. The average Bonchev–Trinajstić information content (AvgIpc) is 2.35. The fourth-order valence-electron chi connectivity index (χ4n) is 5.31. The molecule has 0 saturated heterocycles. The van der Waals surface area contributed by atoms with Crippen molar-refractivity contribution in [1.29, 1.82) is 0 Å².